The van der Waals surface area contributed by atoms with Crippen molar-refractivity contribution in [1.29, 1.82) is 5.26 Å². The standard InChI is InChI=1S/C11H10N2S/c1-11(2,7-12)10-8-5-3-4-6-9(8)13-14-10/h3-6H,1-2H3. The van der Waals surface area contributed by atoms with Crippen molar-refractivity contribution < 1.29 is 0 Å². The molecule has 0 N–H and O–H groups in total. The summed E-state index contributed by atoms with van der Waals surface area (Å²) in [6.07, 6.45) is 0. The number of benzene rings is 1. The van der Waals surface area contributed by atoms with Crippen LogP contribution in [0.2, 0.25) is 0 Å². The van der Waals surface area contributed by atoms with Gasteiger partial charge in [-0.2, -0.15) is 9.64 Å². The minimum Gasteiger partial charge on any atom is -0.197 e. The molecule has 70 valence electrons. The quantitative estimate of drug-likeness (QED) is 0.712. The van der Waals surface area contributed by atoms with E-state index in [1.165, 1.54) is 11.5 Å². The van der Waals surface area contributed by atoms with E-state index in [0.717, 1.165) is 15.8 Å². The second-order valence-electron chi connectivity index (χ2n) is 3.77. The molecule has 2 rings (SSSR count). The van der Waals surface area contributed by atoms with Crippen molar-refractivity contribution in [2.75, 3.05) is 0 Å². The Labute approximate surface area is 87.0 Å². The van der Waals surface area contributed by atoms with Crippen LogP contribution in [0.3, 0.4) is 0 Å². The van der Waals surface area contributed by atoms with Gasteiger partial charge in [-0.05, 0) is 31.4 Å². The molecule has 0 aliphatic heterocycles. The van der Waals surface area contributed by atoms with Crippen LogP contribution in [-0.2, 0) is 5.41 Å². The Bertz CT molecular complexity index is 505. The van der Waals surface area contributed by atoms with Gasteiger partial charge < -0.3 is 0 Å². The molecule has 1 heterocycles. The normalized spacial score (nSPS) is 11.5. The number of rotatable bonds is 1. The third-order valence-electron chi connectivity index (χ3n) is 2.23. The average Bonchev–Trinajstić information content (AvgIpc) is 2.61. The van der Waals surface area contributed by atoms with Crippen molar-refractivity contribution in [2.45, 2.75) is 19.3 Å². The Morgan fingerprint density at radius 1 is 1.36 bits per heavy atom. The summed E-state index contributed by atoms with van der Waals surface area (Å²) in [5.41, 5.74) is 0.539. The summed E-state index contributed by atoms with van der Waals surface area (Å²) in [5.74, 6) is 0. The van der Waals surface area contributed by atoms with Gasteiger partial charge in [-0.25, -0.2) is 0 Å². The van der Waals surface area contributed by atoms with E-state index in [4.69, 9.17) is 5.26 Å². The first-order valence-electron chi connectivity index (χ1n) is 4.41. The fraction of sp³-hybridized carbons (Fsp3) is 0.273. The van der Waals surface area contributed by atoms with Crippen LogP contribution >= 0.6 is 11.5 Å². The Kier molecular flexibility index (Phi) is 2.01. The van der Waals surface area contributed by atoms with Crippen molar-refractivity contribution in [3.8, 4) is 6.07 Å². The highest BCUT2D eigenvalue weighted by Crippen LogP contribution is 2.32. The van der Waals surface area contributed by atoms with Crippen molar-refractivity contribution in [2.24, 2.45) is 0 Å². The van der Waals surface area contributed by atoms with Crippen LogP contribution in [0.25, 0.3) is 10.9 Å². The van der Waals surface area contributed by atoms with Crippen LogP contribution in [0, 0.1) is 11.3 Å². The van der Waals surface area contributed by atoms with Crippen molar-refractivity contribution in [1.82, 2.24) is 4.37 Å². The molecule has 0 saturated heterocycles. The van der Waals surface area contributed by atoms with Gasteiger partial charge in [0.15, 0.2) is 0 Å². The Balaban J connectivity index is 2.72. The lowest BCUT2D eigenvalue weighted by Crippen LogP contribution is -2.11. The fourth-order valence-corrected chi connectivity index (χ4v) is 2.28. The molecule has 0 spiro atoms. The van der Waals surface area contributed by atoms with Gasteiger partial charge in [-0.15, -0.1) is 0 Å². The third-order valence-corrected chi connectivity index (χ3v) is 3.43. The van der Waals surface area contributed by atoms with Crippen LogP contribution in [0.4, 0.5) is 0 Å². The largest absolute Gasteiger partial charge is 0.197 e. The summed E-state index contributed by atoms with van der Waals surface area (Å²) in [6, 6.07) is 10.2. The summed E-state index contributed by atoms with van der Waals surface area (Å²) in [5, 5.41) is 10.2. The van der Waals surface area contributed by atoms with Crippen molar-refractivity contribution >= 4 is 22.4 Å². The van der Waals surface area contributed by atoms with Crippen LogP contribution in [0.1, 0.15) is 18.7 Å². The van der Waals surface area contributed by atoms with Gasteiger partial charge in [0, 0.05) is 5.39 Å². The molecule has 1 aromatic carbocycles. The summed E-state index contributed by atoms with van der Waals surface area (Å²) in [4.78, 5) is 1.05. The molecule has 0 atom stereocenters. The molecule has 0 unspecified atom stereocenters. The van der Waals surface area contributed by atoms with Gasteiger partial charge in [0.1, 0.15) is 0 Å². The predicted octanol–water partition coefficient (Wildman–Crippen LogP) is 3.10. The van der Waals surface area contributed by atoms with Gasteiger partial charge in [0.2, 0.25) is 0 Å². The zero-order valence-corrected chi connectivity index (χ0v) is 8.93. The van der Waals surface area contributed by atoms with E-state index in [1.807, 2.05) is 38.1 Å². The molecule has 1 aromatic heterocycles. The first-order valence-corrected chi connectivity index (χ1v) is 5.18. The van der Waals surface area contributed by atoms with E-state index < -0.39 is 5.41 Å². The predicted molar refractivity (Wildman–Crippen MR) is 58.3 cm³/mol. The third kappa shape index (κ3) is 1.28. The Morgan fingerprint density at radius 2 is 2.07 bits per heavy atom. The number of hydrogen-bond donors (Lipinski definition) is 0. The van der Waals surface area contributed by atoms with Gasteiger partial charge in [0.05, 0.1) is 21.9 Å². The maximum Gasteiger partial charge on any atom is 0.0880 e. The van der Waals surface area contributed by atoms with E-state index >= 15 is 0 Å². The topological polar surface area (TPSA) is 36.7 Å². The number of aromatic nitrogens is 1. The lowest BCUT2D eigenvalue weighted by atomic mass is 9.91. The highest BCUT2D eigenvalue weighted by atomic mass is 32.1. The summed E-state index contributed by atoms with van der Waals surface area (Å²) in [6.45, 7) is 3.85. The van der Waals surface area contributed by atoms with Gasteiger partial charge in [-0.3, -0.25) is 0 Å². The Hall–Kier alpha value is -1.40. The average molecular weight is 202 g/mol. The minimum atomic E-state index is -0.444. The molecule has 14 heavy (non-hydrogen) atoms. The first kappa shape index (κ1) is 9.17. The number of fused-ring (bicyclic) bond motifs is 1. The van der Waals surface area contributed by atoms with E-state index in [0.29, 0.717) is 0 Å². The monoisotopic (exact) mass is 202 g/mol. The highest BCUT2D eigenvalue weighted by Gasteiger charge is 2.24. The molecule has 0 radical (unpaired) electrons. The van der Waals surface area contributed by atoms with E-state index in [9.17, 15) is 0 Å². The van der Waals surface area contributed by atoms with E-state index in [-0.39, 0.29) is 0 Å². The van der Waals surface area contributed by atoms with E-state index in [1.54, 1.807) is 0 Å². The van der Waals surface area contributed by atoms with Gasteiger partial charge in [0.25, 0.3) is 0 Å². The summed E-state index contributed by atoms with van der Waals surface area (Å²) >= 11 is 1.42. The zero-order chi connectivity index (χ0) is 10.2. The minimum absolute atomic E-state index is 0.444. The van der Waals surface area contributed by atoms with Crippen molar-refractivity contribution in [3.63, 3.8) is 0 Å². The molecule has 0 aliphatic rings. The zero-order valence-electron chi connectivity index (χ0n) is 8.11. The summed E-state index contributed by atoms with van der Waals surface area (Å²) in [7, 11) is 0. The SMILES string of the molecule is CC(C)(C#N)c1snc2ccccc12. The van der Waals surface area contributed by atoms with Crippen LogP contribution in [-0.4, -0.2) is 4.37 Å². The molecule has 2 aromatic rings. The van der Waals surface area contributed by atoms with Crippen molar-refractivity contribution in [3.05, 3.63) is 29.1 Å². The van der Waals surface area contributed by atoms with Crippen LogP contribution < -0.4 is 0 Å². The number of hydrogen-bond acceptors (Lipinski definition) is 3. The number of nitriles is 1. The molecule has 3 heteroatoms. The Morgan fingerprint density at radius 3 is 2.79 bits per heavy atom. The lowest BCUT2D eigenvalue weighted by molar-refractivity contribution is 0.709. The fourth-order valence-electron chi connectivity index (χ4n) is 1.39. The molecular weight excluding hydrogens is 192 g/mol. The maximum absolute atomic E-state index is 9.05. The molecule has 0 fully saturated rings. The van der Waals surface area contributed by atoms with Gasteiger partial charge in [-0.1, -0.05) is 18.2 Å². The van der Waals surface area contributed by atoms with Crippen LogP contribution in [0.15, 0.2) is 24.3 Å². The molecule has 0 aliphatic carbocycles. The molecule has 0 amide bonds. The number of nitrogens with zero attached hydrogens (tertiary/aromatic N) is 2. The summed E-state index contributed by atoms with van der Waals surface area (Å²) < 4.78 is 4.32. The molecule has 2 nitrogen and oxygen atoms in total. The first-order chi connectivity index (χ1) is 6.65. The maximum atomic E-state index is 9.05. The molecular formula is C11H10N2S. The second-order valence-corrected chi connectivity index (χ2v) is 4.54. The van der Waals surface area contributed by atoms with E-state index in [2.05, 4.69) is 10.4 Å². The smallest absolute Gasteiger partial charge is 0.0880 e. The highest BCUT2D eigenvalue weighted by molar-refractivity contribution is 7.07. The second kappa shape index (κ2) is 3.07. The molecule has 0 bridgehead atoms. The van der Waals surface area contributed by atoms with Crippen LogP contribution in [0.5, 0.6) is 0 Å². The lowest BCUT2D eigenvalue weighted by Gasteiger charge is -2.12. The molecule has 0 saturated carbocycles. The van der Waals surface area contributed by atoms with Gasteiger partial charge >= 0.3 is 0 Å².